The van der Waals surface area contributed by atoms with Crippen LogP contribution in [0.25, 0.3) is 11.0 Å². The number of aryl methyl sites for hydroxylation is 1. The predicted octanol–water partition coefficient (Wildman–Crippen LogP) is 3.54. The first-order valence-corrected chi connectivity index (χ1v) is 14.3. The van der Waals surface area contributed by atoms with E-state index in [1.807, 2.05) is 36.1 Å². The van der Waals surface area contributed by atoms with Crippen molar-refractivity contribution in [3.05, 3.63) is 52.8 Å². The third kappa shape index (κ3) is 5.58. The average Bonchev–Trinajstić information content (AvgIpc) is 3.64. The Bertz CT molecular complexity index is 1470. The molecule has 3 aliphatic heterocycles. The summed E-state index contributed by atoms with van der Waals surface area (Å²) in [6.07, 6.45) is 4.02. The standard InChI is InChI=1S/C30H36N6O5/c1-18-14-20(16-24-27(18)34-28(32-24)25-4-3-13-41-25)29(38)31-17-26(37)35-10-8-21(9-11-35)36-12-7-19-15-22(40-2)5-6-23(19)33-30(36)39/h5-6,14-16,21,25H,3-4,7-13,17H2,1-2H3,(H,31,38)(H,32,34)(H,33,39)/t25-/m1/s1. The van der Waals surface area contributed by atoms with Crippen LogP contribution >= 0.6 is 0 Å². The van der Waals surface area contributed by atoms with Gasteiger partial charge in [0.1, 0.15) is 17.7 Å². The van der Waals surface area contributed by atoms with Crippen LogP contribution in [0.1, 0.15) is 59.1 Å². The molecular formula is C30H36N6O5. The molecule has 3 N–H and O–H groups in total. The lowest BCUT2D eigenvalue weighted by atomic mass is 10.0. The van der Waals surface area contributed by atoms with Crippen molar-refractivity contribution in [2.75, 3.05) is 45.2 Å². The number of carbonyl (C=O) groups excluding carboxylic acids is 3. The molecule has 0 spiro atoms. The number of carbonyl (C=O) groups is 3. The number of imidazole rings is 1. The Balaban J connectivity index is 1.01. The number of amides is 4. The lowest BCUT2D eigenvalue weighted by molar-refractivity contribution is -0.131. The third-order valence-corrected chi connectivity index (χ3v) is 8.40. The maximum Gasteiger partial charge on any atom is 0.322 e. The summed E-state index contributed by atoms with van der Waals surface area (Å²) in [4.78, 5) is 50.5. The zero-order valence-electron chi connectivity index (χ0n) is 23.5. The Morgan fingerprint density at radius 3 is 2.73 bits per heavy atom. The number of aromatic amines is 1. The first-order valence-electron chi connectivity index (χ1n) is 14.3. The van der Waals surface area contributed by atoms with Gasteiger partial charge in [0.2, 0.25) is 5.91 Å². The number of aromatic nitrogens is 2. The molecule has 4 amide bonds. The number of nitrogens with one attached hydrogen (secondary N) is 3. The summed E-state index contributed by atoms with van der Waals surface area (Å²) < 4.78 is 11.1. The highest BCUT2D eigenvalue weighted by atomic mass is 16.5. The number of hydrogen-bond donors (Lipinski definition) is 3. The SMILES string of the molecule is COc1ccc2c(c1)CCN(C1CCN(C(=O)CNC(=O)c3cc(C)c4[nH]c([C@H]5CCCO5)nc4c3)CC1)C(=O)N2. The van der Waals surface area contributed by atoms with E-state index in [1.165, 1.54) is 0 Å². The molecule has 2 fully saturated rings. The fourth-order valence-corrected chi connectivity index (χ4v) is 6.08. The third-order valence-electron chi connectivity index (χ3n) is 8.40. The van der Waals surface area contributed by atoms with Crippen molar-refractivity contribution in [1.82, 2.24) is 25.1 Å². The van der Waals surface area contributed by atoms with Gasteiger partial charge in [-0.2, -0.15) is 0 Å². The largest absolute Gasteiger partial charge is 0.497 e. The minimum Gasteiger partial charge on any atom is -0.497 e. The van der Waals surface area contributed by atoms with Gasteiger partial charge >= 0.3 is 6.03 Å². The molecule has 11 heteroatoms. The molecule has 0 aliphatic carbocycles. The number of urea groups is 1. The summed E-state index contributed by atoms with van der Waals surface area (Å²) in [5.74, 6) is 1.12. The van der Waals surface area contributed by atoms with Gasteiger partial charge in [0.05, 0.1) is 24.7 Å². The molecule has 0 saturated carbocycles. The molecule has 41 heavy (non-hydrogen) atoms. The molecule has 6 rings (SSSR count). The fraction of sp³-hybridized carbons (Fsp3) is 0.467. The number of nitrogens with zero attached hydrogens (tertiary/aromatic N) is 3. The smallest absolute Gasteiger partial charge is 0.322 e. The number of ether oxygens (including phenoxy) is 2. The minimum absolute atomic E-state index is 0.0324. The van der Waals surface area contributed by atoms with E-state index in [2.05, 4.69) is 20.6 Å². The van der Waals surface area contributed by atoms with Gasteiger partial charge in [0.15, 0.2) is 0 Å². The highest BCUT2D eigenvalue weighted by Crippen LogP contribution is 2.30. The maximum absolute atomic E-state index is 13.0. The fourth-order valence-electron chi connectivity index (χ4n) is 6.08. The number of likely N-dealkylation sites (tertiary alicyclic amines) is 1. The molecule has 0 bridgehead atoms. The van der Waals surface area contributed by atoms with Gasteiger partial charge in [0.25, 0.3) is 5.91 Å². The summed E-state index contributed by atoms with van der Waals surface area (Å²) in [6, 6.07) is 9.19. The van der Waals surface area contributed by atoms with Crippen LogP contribution in [0.4, 0.5) is 10.5 Å². The van der Waals surface area contributed by atoms with Gasteiger partial charge < -0.3 is 34.9 Å². The number of hydrogen-bond acceptors (Lipinski definition) is 6. The van der Waals surface area contributed by atoms with Crippen molar-refractivity contribution in [2.24, 2.45) is 0 Å². The molecule has 3 aromatic rings. The van der Waals surface area contributed by atoms with E-state index in [1.54, 1.807) is 18.1 Å². The Hall–Kier alpha value is -4.12. The molecule has 2 saturated heterocycles. The summed E-state index contributed by atoms with van der Waals surface area (Å²) in [5, 5.41) is 5.81. The normalized spacial score (nSPS) is 19.6. The molecule has 0 radical (unpaired) electrons. The Morgan fingerprint density at radius 2 is 1.98 bits per heavy atom. The van der Waals surface area contributed by atoms with Crippen LogP contribution < -0.4 is 15.4 Å². The highest BCUT2D eigenvalue weighted by Gasteiger charge is 2.31. The van der Waals surface area contributed by atoms with Crippen molar-refractivity contribution in [3.63, 3.8) is 0 Å². The highest BCUT2D eigenvalue weighted by molar-refractivity contribution is 5.99. The molecule has 0 unspecified atom stereocenters. The lowest BCUT2D eigenvalue weighted by Crippen LogP contribution is -2.51. The van der Waals surface area contributed by atoms with Crippen LogP contribution in [0.15, 0.2) is 30.3 Å². The summed E-state index contributed by atoms with van der Waals surface area (Å²) in [6.45, 7) is 4.27. The summed E-state index contributed by atoms with van der Waals surface area (Å²) in [7, 11) is 1.63. The molecule has 11 nitrogen and oxygen atoms in total. The van der Waals surface area contributed by atoms with Gasteiger partial charge in [-0.1, -0.05) is 0 Å². The first kappa shape index (κ1) is 27.1. The molecule has 4 heterocycles. The van der Waals surface area contributed by atoms with Gasteiger partial charge in [-0.25, -0.2) is 9.78 Å². The second-order valence-corrected chi connectivity index (χ2v) is 11.0. The second-order valence-electron chi connectivity index (χ2n) is 11.0. The van der Waals surface area contributed by atoms with Crippen LogP contribution in [-0.4, -0.2) is 83.6 Å². The van der Waals surface area contributed by atoms with E-state index in [0.717, 1.165) is 59.8 Å². The van der Waals surface area contributed by atoms with Gasteiger partial charge in [0, 0.05) is 43.5 Å². The van der Waals surface area contributed by atoms with Crippen molar-refractivity contribution in [1.29, 1.82) is 0 Å². The van der Waals surface area contributed by atoms with E-state index < -0.39 is 0 Å². The zero-order chi connectivity index (χ0) is 28.5. The van der Waals surface area contributed by atoms with E-state index in [-0.39, 0.29) is 36.5 Å². The van der Waals surface area contributed by atoms with Crippen molar-refractivity contribution >= 4 is 34.6 Å². The molecule has 216 valence electrons. The number of anilines is 1. The average molecular weight is 561 g/mol. The van der Waals surface area contributed by atoms with Gasteiger partial charge in [-0.3, -0.25) is 9.59 Å². The maximum atomic E-state index is 13.0. The van der Waals surface area contributed by atoms with Crippen LogP contribution in [0.3, 0.4) is 0 Å². The number of benzene rings is 2. The Morgan fingerprint density at radius 1 is 1.15 bits per heavy atom. The van der Waals surface area contributed by atoms with Crippen LogP contribution in [0.2, 0.25) is 0 Å². The number of fused-ring (bicyclic) bond motifs is 2. The minimum atomic E-state index is -0.308. The predicted molar refractivity (Wildman–Crippen MR) is 153 cm³/mol. The number of piperidine rings is 1. The quantitative estimate of drug-likeness (QED) is 0.423. The molecule has 3 aliphatic rings. The molecule has 2 aromatic carbocycles. The summed E-state index contributed by atoms with van der Waals surface area (Å²) in [5.41, 5.74) is 4.86. The van der Waals surface area contributed by atoms with Crippen molar-refractivity contribution in [3.8, 4) is 5.75 Å². The molecule has 1 aromatic heterocycles. The van der Waals surface area contributed by atoms with E-state index in [9.17, 15) is 14.4 Å². The monoisotopic (exact) mass is 560 g/mol. The van der Waals surface area contributed by atoms with E-state index in [0.29, 0.717) is 43.6 Å². The number of methoxy groups -OCH3 is 1. The molecular weight excluding hydrogens is 524 g/mol. The zero-order valence-corrected chi connectivity index (χ0v) is 23.5. The summed E-state index contributed by atoms with van der Waals surface area (Å²) >= 11 is 0. The van der Waals surface area contributed by atoms with Gasteiger partial charge in [-0.05, 0) is 80.5 Å². The first-order chi connectivity index (χ1) is 19.9. The van der Waals surface area contributed by atoms with E-state index >= 15 is 0 Å². The topological polar surface area (TPSA) is 129 Å². The Kier molecular flexibility index (Phi) is 7.53. The number of H-pyrrole nitrogens is 1. The molecule has 1 atom stereocenters. The number of rotatable bonds is 6. The lowest BCUT2D eigenvalue weighted by Gasteiger charge is -2.38. The van der Waals surface area contributed by atoms with Crippen molar-refractivity contribution < 1.29 is 23.9 Å². The van der Waals surface area contributed by atoms with E-state index in [4.69, 9.17) is 9.47 Å². The van der Waals surface area contributed by atoms with Crippen LogP contribution in [0, 0.1) is 6.92 Å². The second kappa shape index (κ2) is 11.4. The van der Waals surface area contributed by atoms with Crippen LogP contribution in [-0.2, 0) is 16.0 Å². The van der Waals surface area contributed by atoms with Gasteiger partial charge in [-0.15, -0.1) is 0 Å². The Labute approximate surface area is 238 Å². The van der Waals surface area contributed by atoms with Crippen molar-refractivity contribution in [2.45, 2.75) is 51.2 Å². The van der Waals surface area contributed by atoms with Crippen LogP contribution in [0.5, 0.6) is 5.75 Å².